The normalized spacial score (nSPS) is 11.4. The maximum Gasteiger partial charge on any atom is 0.264 e. The van der Waals surface area contributed by atoms with E-state index in [1.807, 2.05) is 0 Å². The molecule has 6 heteroatoms. The number of benzene rings is 2. The summed E-state index contributed by atoms with van der Waals surface area (Å²) < 4.78 is 39.8. The predicted molar refractivity (Wildman–Crippen MR) is 81.1 cm³/mol. The van der Waals surface area contributed by atoms with Gasteiger partial charge in [0.1, 0.15) is 5.82 Å². The van der Waals surface area contributed by atoms with Gasteiger partial charge in [-0.25, -0.2) is 12.8 Å². The van der Waals surface area contributed by atoms with E-state index >= 15 is 0 Å². The van der Waals surface area contributed by atoms with Crippen LogP contribution in [0.1, 0.15) is 11.1 Å². The summed E-state index contributed by atoms with van der Waals surface area (Å²) in [5, 5.41) is 0. The fourth-order valence-corrected chi connectivity index (χ4v) is 3.34. The van der Waals surface area contributed by atoms with Gasteiger partial charge in [0.15, 0.2) is 0 Å². The lowest BCUT2D eigenvalue weighted by atomic mass is 10.1. The van der Waals surface area contributed by atoms with Crippen LogP contribution in [0.2, 0.25) is 0 Å². The maximum absolute atomic E-state index is 13.8. The van der Waals surface area contributed by atoms with Crippen molar-refractivity contribution in [2.24, 2.45) is 5.73 Å². The molecule has 4 nitrogen and oxygen atoms in total. The van der Waals surface area contributed by atoms with E-state index in [1.165, 1.54) is 31.3 Å². The molecule has 0 unspecified atom stereocenters. The smallest absolute Gasteiger partial charge is 0.264 e. The Hall–Kier alpha value is -1.92. The number of nitrogens with two attached hydrogens (primary N) is 1. The molecule has 0 spiro atoms. The highest BCUT2D eigenvalue weighted by atomic mass is 32.2. The Labute approximate surface area is 124 Å². The molecule has 2 aromatic carbocycles. The Kier molecular flexibility index (Phi) is 4.29. The molecule has 2 rings (SSSR count). The van der Waals surface area contributed by atoms with E-state index < -0.39 is 15.8 Å². The van der Waals surface area contributed by atoms with Gasteiger partial charge in [-0.15, -0.1) is 0 Å². The van der Waals surface area contributed by atoms with Gasteiger partial charge >= 0.3 is 0 Å². The number of anilines is 1. The lowest BCUT2D eigenvalue weighted by molar-refractivity contribution is 0.589. The molecule has 2 N–H and O–H groups in total. The summed E-state index contributed by atoms with van der Waals surface area (Å²) in [6, 6.07) is 10.5. The number of hydrogen-bond acceptors (Lipinski definition) is 3. The summed E-state index contributed by atoms with van der Waals surface area (Å²) in [4.78, 5) is 0.114. The minimum atomic E-state index is -3.81. The lowest BCUT2D eigenvalue weighted by Gasteiger charge is -2.20. The van der Waals surface area contributed by atoms with Crippen molar-refractivity contribution in [3.8, 4) is 0 Å². The van der Waals surface area contributed by atoms with Crippen LogP contribution in [-0.4, -0.2) is 15.5 Å². The molecule has 0 fully saturated rings. The summed E-state index contributed by atoms with van der Waals surface area (Å²) in [6.07, 6.45) is 0. The van der Waals surface area contributed by atoms with E-state index in [4.69, 9.17) is 5.73 Å². The molecule has 0 atom stereocenters. The second-order valence-electron chi connectivity index (χ2n) is 4.72. The molecule has 0 bridgehead atoms. The molecule has 0 saturated heterocycles. The molecule has 0 aliphatic carbocycles. The molecule has 0 aromatic heterocycles. The molecule has 0 saturated carbocycles. The number of para-hydroxylation sites is 1. The first-order valence-electron chi connectivity index (χ1n) is 6.41. The fourth-order valence-electron chi connectivity index (χ4n) is 2.05. The Morgan fingerprint density at radius 2 is 1.86 bits per heavy atom. The number of nitrogens with zero attached hydrogens (tertiary/aromatic N) is 1. The van der Waals surface area contributed by atoms with Crippen LogP contribution < -0.4 is 10.0 Å². The SMILES string of the molecule is Cc1cc(S(=O)(=O)N(C)c2ccccc2F)ccc1CN. The Morgan fingerprint density at radius 3 is 2.43 bits per heavy atom. The van der Waals surface area contributed by atoms with Crippen molar-refractivity contribution in [2.75, 3.05) is 11.4 Å². The molecule has 0 aliphatic heterocycles. The Bertz CT molecular complexity index is 760. The van der Waals surface area contributed by atoms with Gasteiger partial charge in [0.05, 0.1) is 10.6 Å². The summed E-state index contributed by atoms with van der Waals surface area (Å²) in [5.41, 5.74) is 7.25. The average Bonchev–Trinajstić information content (AvgIpc) is 2.47. The van der Waals surface area contributed by atoms with Crippen LogP contribution in [0.15, 0.2) is 47.4 Å². The fraction of sp³-hybridized carbons (Fsp3) is 0.200. The predicted octanol–water partition coefficient (Wildman–Crippen LogP) is 2.42. The zero-order valence-corrected chi connectivity index (χ0v) is 12.7. The van der Waals surface area contributed by atoms with Crippen molar-refractivity contribution >= 4 is 15.7 Å². The van der Waals surface area contributed by atoms with Crippen LogP contribution >= 0.6 is 0 Å². The quantitative estimate of drug-likeness (QED) is 0.943. The van der Waals surface area contributed by atoms with Crippen molar-refractivity contribution in [3.63, 3.8) is 0 Å². The van der Waals surface area contributed by atoms with Gasteiger partial charge in [-0.05, 0) is 42.3 Å². The van der Waals surface area contributed by atoms with E-state index in [2.05, 4.69) is 0 Å². The molecule has 0 heterocycles. The van der Waals surface area contributed by atoms with Gasteiger partial charge in [-0.2, -0.15) is 0 Å². The van der Waals surface area contributed by atoms with E-state index in [-0.39, 0.29) is 10.6 Å². The van der Waals surface area contributed by atoms with Crippen molar-refractivity contribution in [1.29, 1.82) is 0 Å². The van der Waals surface area contributed by atoms with E-state index in [1.54, 1.807) is 25.1 Å². The monoisotopic (exact) mass is 308 g/mol. The molecule has 0 aliphatic rings. The van der Waals surface area contributed by atoms with Crippen molar-refractivity contribution in [1.82, 2.24) is 0 Å². The van der Waals surface area contributed by atoms with Gasteiger partial charge < -0.3 is 5.73 Å². The van der Waals surface area contributed by atoms with Gasteiger partial charge in [0.2, 0.25) is 0 Å². The van der Waals surface area contributed by atoms with Crippen LogP contribution in [0.5, 0.6) is 0 Å². The standard InChI is InChI=1S/C15H17FN2O2S/c1-11-9-13(8-7-12(11)10-17)21(19,20)18(2)15-6-4-3-5-14(15)16/h3-9H,10,17H2,1-2H3. The molecule has 2 aromatic rings. The average molecular weight is 308 g/mol. The zero-order chi connectivity index (χ0) is 15.6. The highest BCUT2D eigenvalue weighted by Crippen LogP contribution is 2.25. The largest absolute Gasteiger partial charge is 0.326 e. The zero-order valence-electron chi connectivity index (χ0n) is 11.9. The van der Waals surface area contributed by atoms with E-state index in [9.17, 15) is 12.8 Å². The van der Waals surface area contributed by atoms with Gasteiger partial charge in [-0.3, -0.25) is 4.31 Å². The maximum atomic E-state index is 13.8. The van der Waals surface area contributed by atoms with Crippen LogP contribution in [0.25, 0.3) is 0 Å². The van der Waals surface area contributed by atoms with E-state index in [0.29, 0.717) is 6.54 Å². The lowest BCUT2D eigenvalue weighted by Crippen LogP contribution is -2.27. The molecular formula is C15H17FN2O2S. The first kappa shape index (κ1) is 15.5. The Balaban J connectivity index is 2.47. The summed E-state index contributed by atoms with van der Waals surface area (Å²) in [7, 11) is -2.48. The number of halogens is 1. The number of hydrogen-bond donors (Lipinski definition) is 1. The first-order valence-corrected chi connectivity index (χ1v) is 7.85. The van der Waals surface area contributed by atoms with Crippen LogP contribution in [-0.2, 0) is 16.6 Å². The summed E-state index contributed by atoms with van der Waals surface area (Å²) in [5.74, 6) is -0.584. The second-order valence-corrected chi connectivity index (χ2v) is 6.69. The third kappa shape index (κ3) is 2.91. The van der Waals surface area contributed by atoms with Gasteiger partial charge in [0, 0.05) is 13.6 Å². The highest BCUT2D eigenvalue weighted by Gasteiger charge is 2.23. The second kappa shape index (κ2) is 5.83. The number of sulfonamides is 1. The minimum Gasteiger partial charge on any atom is -0.326 e. The molecule has 0 amide bonds. The van der Waals surface area contributed by atoms with Crippen molar-refractivity contribution in [3.05, 3.63) is 59.4 Å². The molecule has 0 radical (unpaired) electrons. The molecule has 21 heavy (non-hydrogen) atoms. The summed E-state index contributed by atoms with van der Waals surface area (Å²) in [6.45, 7) is 2.14. The van der Waals surface area contributed by atoms with Crippen molar-refractivity contribution < 1.29 is 12.8 Å². The third-order valence-electron chi connectivity index (χ3n) is 3.38. The van der Waals surface area contributed by atoms with Gasteiger partial charge in [-0.1, -0.05) is 18.2 Å². The number of rotatable bonds is 4. The van der Waals surface area contributed by atoms with Gasteiger partial charge in [0.25, 0.3) is 10.0 Å². The van der Waals surface area contributed by atoms with Crippen LogP contribution in [0, 0.1) is 12.7 Å². The summed E-state index contributed by atoms with van der Waals surface area (Å²) >= 11 is 0. The Morgan fingerprint density at radius 1 is 1.19 bits per heavy atom. The van der Waals surface area contributed by atoms with Crippen LogP contribution in [0.4, 0.5) is 10.1 Å². The number of aryl methyl sites for hydroxylation is 1. The van der Waals surface area contributed by atoms with Crippen molar-refractivity contribution in [2.45, 2.75) is 18.4 Å². The molecular weight excluding hydrogens is 291 g/mol. The molecule has 112 valence electrons. The highest BCUT2D eigenvalue weighted by molar-refractivity contribution is 7.92. The van der Waals surface area contributed by atoms with E-state index in [0.717, 1.165) is 15.4 Å². The third-order valence-corrected chi connectivity index (χ3v) is 5.15. The topological polar surface area (TPSA) is 63.4 Å². The van der Waals surface area contributed by atoms with Crippen LogP contribution in [0.3, 0.4) is 0 Å². The first-order chi connectivity index (χ1) is 9.87. The minimum absolute atomic E-state index is 0.0121.